The van der Waals surface area contributed by atoms with E-state index in [1.165, 1.54) is 5.56 Å². The number of ether oxygens (including phenoxy) is 1. The van der Waals surface area contributed by atoms with Crippen LogP contribution in [0.4, 0.5) is 5.95 Å². The van der Waals surface area contributed by atoms with Crippen molar-refractivity contribution in [2.75, 3.05) is 12.8 Å². The van der Waals surface area contributed by atoms with Gasteiger partial charge in [0, 0.05) is 6.07 Å². The molecule has 0 bridgehead atoms. The highest BCUT2D eigenvalue weighted by atomic mass is 16.5. The van der Waals surface area contributed by atoms with Gasteiger partial charge in [-0.05, 0) is 18.6 Å². The van der Waals surface area contributed by atoms with Crippen molar-refractivity contribution in [2.45, 2.75) is 6.92 Å². The van der Waals surface area contributed by atoms with Gasteiger partial charge in [-0.3, -0.25) is 0 Å². The Morgan fingerprint density at radius 2 is 1.75 bits per heavy atom. The Kier molecular flexibility index (Phi) is 4.50. The van der Waals surface area contributed by atoms with Crippen LogP contribution in [0.1, 0.15) is 16.8 Å². The second-order valence-corrected chi connectivity index (χ2v) is 4.32. The SMILES string of the molecule is COc1cc(/C=C/C=C/c2ccc(C)cc2)nc(N)n1. The van der Waals surface area contributed by atoms with Crippen LogP contribution >= 0.6 is 0 Å². The van der Waals surface area contributed by atoms with Crippen LogP contribution in [0, 0.1) is 6.92 Å². The van der Waals surface area contributed by atoms with Crippen molar-refractivity contribution in [3.05, 3.63) is 59.3 Å². The van der Waals surface area contributed by atoms with Crippen molar-refractivity contribution in [3.8, 4) is 5.88 Å². The Bertz CT molecular complexity index is 631. The first kappa shape index (κ1) is 13.8. The molecule has 0 saturated carbocycles. The number of nitrogen functional groups attached to an aromatic ring is 1. The molecule has 0 aliphatic rings. The van der Waals surface area contributed by atoms with E-state index in [0.717, 1.165) is 5.56 Å². The van der Waals surface area contributed by atoms with Crippen LogP contribution in [-0.2, 0) is 0 Å². The van der Waals surface area contributed by atoms with Crippen LogP contribution in [0.5, 0.6) is 5.88 Å². The number of aromatic nitrogens is 2. The number of methoxy groups -OCH3 is 1. The molecular weight excluding hydrogens is 250 g/mol. The van der Waals surface area contributed by atoms with E-state index in [0.29, 0.717) is 11.6 Å². The first-order valence-electron chi connectivity index (χ1n) is 6.27. The van der Waals surface area contributed by atoms with Gasteiger partial charge >= 0.3 is 0 Å². The Labute approximate surface area is 118 Å². The third-order valence-electron chi connectivity index (χ3n) is 2.69. The van der Waals surface area contributed by atoms with Crippen LogP contribution < -0.4 is 10.5 Å². The topological polar surface area (TPSA) is 61.0 Å². The summed E-state index contributed by atoms with van der Waals surface area (Å²) >= 11 is 0. The molecule has 102 valence electrons. The predicted molar refractivity (Wildman–Crippen MR) is 82.2 cm³/mol. The Hall–Kier alpha value is -2.62. The molecule has 2 N–H and O–H groups in total. The second kappa shape index (κ2) is 6.52. The molecule has 0 saturated heterocycles. The highest BCUT2D eigenvalue weighted by Gasteiger charge is 1.98. The second-order valence-electron chi connectivity index (χ2n) is 4.32. The van der Waals surface area contributed by atoms with Gasteiger partial charge in [-0.25, -0.2) is 4.98 Å². The number of hydrogen-bond acceptors (Lipinski definition) is 4. The average Bonchev–Trinajstić information content (AvgIpc) is 2.45. The van der Waals surface area contributed by atoms with E-state index in [1.807, 2.05) is 24.3 Å². The fourth-order valence-corrected chi connectivity index (χ4v) is 1.65. The summed E-state index contributed by atoms with van der Waals surface area (Å²) in [6, 6.07) is 10.0. The van der Waals surface area contributed by atoms with E-state index in [2.05, 4.69) is 41.2 Å². The largest absolute Gasteiger partial charge is 0.481 e. The normalized spacial score (nSPS) is 11.3. The molecule has 0 spiro atoms. The maximum absolute atomic E-state index is 5.59. The quantitative estimate of drug-likeness (QED) is 0.865. The summed E-state index contributed by atoms with van der Waals surface area (Å²) in [4.78, 5) is 8.03. The fourth-order valence-electron chi connectivity index (χ4n) is 1.65. The maximum atomic E-state index is 5.59. The van der Waals surface area contributed by atoms with Gasteiger partial charge in [-0.15, -0.1) is 0 Å². The fraction of sp³-hybridized carbons (Fsp3) is 0.125. The highest BCUT2D eigenvalue weighted by molar-refractivity contribution is 5.56. The molecule has 0 atom stereocenters. The standard InChI is InChI=1S/C16H17N3O/c1-12-7-9-13(10-8-12)5-3-4-6-14-11-15(20-2)19-16(17)18-14/h3-11H,1-2H3,(H2,17,18,19)/b5-3+,6-4+. The molecule has 1 aromatic carbocycles. The molecule has 0 aliphatic carbocycles. The zero-order valence-electron chi connectivity index (χ0n) is 11.6. The van der Waals surface area contributed by atoms with Crippen LogP contribution in [0.3, 0.4) is 0 Å². The van der Waals surface area contributed by atoms with E-state index < -0.39 is 0 Å². The van der Waals surface area contributed by atoms with Gasteiger partial charge in [-0.1, -0.05) is 48.1 Å². The first-order chi connectivity index (χ1) is 9.67. The molecule has 0 aliphatic heterocycles. The summed E-state index contributed by atoms with van der Waals surface area (Å²) in [7, 11) is 1.55. The minimum absolute atomic E-state index is 0.200. The third kappa shape index (κ3) is 3.95. The molecule has 4 nitrogen and oxygen atoms in total. The molecule has 2 rings (SSSR count). The van der Waals surface area contributed by atoms with Gasteiger partial charge in [-0.2, -0.15) is 4.98 Å². The Morgan fingerprint density at radius 1 is 1.05 bits per heavy atom. The molecule has 2 aromatic rings. The molecule has 0 unspecified atom stereocenters. The van der Waals surface area contributed by atoms with Crippen molar-refractivity contribution in [2.24, 2.45) is 0 Å². The lowest BCUT2D eigenvalue weighted by Gasteiger charge is -2.00. The van der Waals surface area contributed by atoms with Gasteiger partial charge in [0.15, 0.2) is 0 Å². The minimum Gasteiger partial charge on any atom is -0.481 e. The molecular formula is C16H17N3O. The summed E-state index contributed by atoms with van der Waals surface area (Å²) in [6.45, 7) is 2.07. The van der Waals surface area contributed by atoms with E-state index in [-0.39, 0.29) is 5.95 Å². The molecule has 1 heterocycles. The number of nitrogens with two attached hydrogens (primary N) is 1. The number of anilines is 1. The lowest BCUT2D eigenvalue weighted by Crippen LogP contribution is -1.98. The van der Waals surface area contributed by atoms with Crippen LogP contribution in [0.25, 0.3) is 12.2 Å². The summed E-state index contributed by atoms with van der Waals surface area (Å²) in [5, 5.41) is 0. The van der Waals surface area contributed by atoms with Crippen molar-refractivity contribution >= 4 is 18.1 Å². The van der Waals surface area contributed by atoms with Gasteiger partial charge in [0.1, 0.15) is 0 Å². The minimum atomic E-state index is 0.200. The van der Waals surface area contributed by atoms with E-state index in [4.69, 9.17) is 10.5 Å². The average molecular weight is 267 g/mol. The molecule has 4 heteroatoms. The van der Waals surface area contributed by atoms with Gasteiger partial charge in [0.05, 0.1) is 12.8 Å². The highest BCUT2D eigenvalue weighted by Crippen LogP contribution is 2.11. The Balaban J connectivity index is 2.06. The lowest BCUT2D eigenvalue weighted by molar-refractivity contribution is 0.397. The number of benzene rings is 1. The molecule has 0 amide bonds. The smallest absolute Gasteiger partial charge is 0.223 e. The number of nitrogens with zero attached hydrogens (tertiary/aromatic N) is 2. The van der Waals surface area contributed by atoms with E-state index in [1.54, 1.807) is 13.2 Å². The van der Waals surface area contributed by atoms with Crippen LogP contribution in [0.15, 0.2) is 42.5 Å². The zero-order valence-corrected chi connectivity index (χ0v) is 11.6. The summed E-state index contributed by atoms with van der Waals surface area (Å²) in [5.74, 6) is 0.658. The number of hydrogen-bond donors (Lipinski definition) is 1. The third-order valence-corrected chi connectivity index (χ3v) is 2.69. The zero-order chi connectivity index (χ0) is 14.4. The molecule has 20 heavy (non-hydrogen) atoms. The predicted octanol–water partition coefficient (Wildman–Crippen LogP) is 3.10. The van der Waals surface area contributed by atoms with Crippen LogP contribution in [0.2, 0.25) is 0 Å². The van der Waals surface area contributed by atoms with Gasteiger partial charge in [0.25, 0.3) is 0 Å². The summed E-state index contributed by atoms with van der Waals surface area (Å²) < 4.78 is 5.04. The van der Waals surface area contributed by atoms with Crippen LogP contribution in [-0.4, -0.2) is 17.1 Å². The van der Waals surface area contributed by atoms with Gasteiger partial charge in [0.2, 0.25) is 11.8 Å². The number of aryl methyl sites for hydroxylation is 1. The molecule has 1 aromatic heterocycles. The van der Waals surface area contributed by atoms with Crippen molar-refractivity contribution in [3.63, 3.8) is 0 Å². The van der Waals surface area contributed by atoms with Crippen molar-refractivity contribution in [1.29, 1.82) is 0 Å². The van der Waals surface area contributed by atoms with Crippen molar-refractivity contribution < 1.29 is 4.74 Å². The lowest BCUT2D eigenvalue weighted by atomic mass is 10.1. The summed E-state index contributed by atoms with van der Waals surface area (Å²) in [6.07, 6.45) is 7.74. The number of allylic oxidation sites excluding steroid dienone is 2. The maximum Gasteiger partial charge on any atom is 0.223 e. The first-order valence-corrected chi connectivity index (χ1v) is 6.27. The van der Waals surface area contributed by atoms with E-state index in [9.17, 15) is 0 Å². The summed E-state index contributed by atoms with van der Waals surface area (Å²) in [5.41, 5.74) is 8.71. The Morgan fingerprint density at radius 3 is 2.45 bits per heavy atom. The molecule has 0 radical (unpaired) electrons. The number of rotatable bonds is 4. The molecule has 0 fully saturated rings. The van der Waals surface area contributed by atoms with E-state index >= 15 is 0 Å². The monoisotopic (exact) mass is 267 g/mol. The van der Waals surface area contributed by atoms with Crippen molar-refractivity contribution in [1.82, 2.24) is 9.97 Å². The van der Waals surface area contributed by atoms with Gasteiger partial charge < -0.3 is 10.5 Å².